The highest BCUT2D eigenvalue weighted by Crippen LogP contribution is 2.36. The van der Waals surface area contributed by atoms with E-state index in [2.05, 4.69) is 20.3 Å². The van der Waals surface area contributed by atoms with Crippen molar-refractivity contribution in [2.45, 2.75) is 38.8 Å². The Kier molecular flexibility index (Phi) is 11.0. The molecule has 3 aromatic heterocycles. The first-order chi connectivity index (χ1) is 23.1. The molecule has 250 valence electrons. The van der Waals surface area contributed by atoms with Crippen molar-refractivity contribution < 1.29 is 23.9 Å². The summed E-state index contributed by atoms with van der Waals surface area (Å²) in [6, 6.07) is 12.7. The van der Waals surface area contributed by atoms with Gasteiger partial charge in [-0.3, -0.25) is 23.9 Å². The largest absolute Gasteiger partial charge is 0.486 e. The SMILES string of the molecule is CNC(=O)c1ccc(CCC(=O)CCC(=O)N(C)c2ccc(Cl)c(COc3cccc4c3nc(OC)n4Cc3cn(C)cn3)c2Cl)cn1. The van der Waals surface area contributed by atoms with Crippen LogP contribution in [0.2, 0.25) is 10.0 Å². The van der Waals surface area contributed by atoms with E-state index >= 15 is 0 Å². The van der Waals surface area contributed by atoms with Crippen LogP contribution in [0.4, 0.5) is 5.69 Å². The molecule has 12 nitrogen and oxygen atoms in total. The van der Waals surface area contributed by atoms with Gasteiger partial charge in [0.1, 0.15) is 29.4 Å². The van der Waals surface area contributed by atoms with Gasteiger partial charge in [0.05, 0.1) is 41.9 Å². The van der Waals surface area contributed by atoms with Gasteiger partial charge >= 0.3 is 0 Å². The Labute approximate surface area is 287 Å². The number of benzene rings is 2. The maximum Gasteiger partial charge on any atom is 0.297 e. The molecule has 0 saturated carbocycles. The van der Waals surface area contributed by atoms with Gasteiger partial charge in [-0.1, -0.05) is 35.3 Å². The van der Waals surface area contributed by atoms with Crippen molar-refractivity contribution in [1.82, 2.24) is 29.4 Å². The van der Waals surface area contributed by atoms with E-state index in [0.717, 1.165) is 16.8 Å². The summed E-state index contributed by atoms with van der Waals surface area (Å²) in [5, 5.41) is 3.16. The topological polar surface area (TPSA) is 133 Å². The summed E-state index contributed by atoms with van der Waals surface area (Å²) < 4.78 is 15.6. The standard InChI is InChI=1S/C34H35Cl2N7O5/c1-37-33(46)26-13-9-21(16-38-26)8-10-23(44)11-15-30(45)42(3)27-14-12-25(35)24(31(27)36)19-48-29-7-5-6-28-32(29)40-34(47-4)43(28)18-22-17-41(2)20-39-22/h5-7,9,12-14,16-17,20H,8,10-11,15,18-19H2,1-4H3,(H,37,46). The predicted octanol–water partition coefficient (Wildman–Crippen LogP) is 5.41. The lowest BCUT2D eigenvalue weighted by Crippen LogP contribution is -2.27. The van der Waals surface area contributed by atoms with Crippen LogP contribution in [0.15, 0.2) is 61.2 Å². The molecule has 14 heteroatoms. The van der Waals surface area contributed by atoms with Crippen molar-refractivity contribution in [3.63, 3.8) is 0 Å². The number of Topliss-reactive ketones (excluding diaryl/α,β-unsaturated/α-hetero) is 1. The summed E-state index contributed by atoms with van der Waals surface area (Å²) in [5.74, 6) is -0.104. The van der Waals surface area contributed by atoms with Crippen molar-refractivity contribution in [1.29, 1.82) is 0 Å². The number of nitrogens with one attached hydrogen (secondary N) is 1. The number of aromatic nitrogens is 5. The molecular weight excluding hydrogens is 657 g/mol. The fraction of sp³-hybridized carbons (Fsp3) is 0.294. The van der Waals surface area contributed by atoms with Crippen LogP contribution < -0.4 is 19.7 Å². The quantitative estimate of drug-likeness (QED) is 0.163. The summed E-state index contributed by atoms with van der Waals surface area (Å²) in [5.41, 5.74) is 4.33. The van der Waals surface area contributed by atoms with Crippen molar-refractivity contribution >= 4 is 57.5 Å². The van der Waals surface area contributed by atoms with E-state index in [4.69, 9.17) is 32.7 Å². The second-order valence-corrected chi connectivity index (χ2v) is 11.9. The summed E-state index contributed by atoms with van der Waals surface area (Å²) in [4.78, 5) is 51.9. The Morgan fingerprint density at radius 2 is 1.83 bits per heavy atom. The van der Waals surface area contributed by atoms with Gasteiger partial charge < -0.3 is 24.3 Å². The van der Waals surface area contributed by atoms with Gasteiger partial charge in [0.15, 0.2) is 0 Å². The van der Waals surface area contributed by atoms with Gasteiger partial charge in [-0.15, -0.1) is 0 Å². The van der Waals surface area contributed by atoms with Crippen molar-refractivity contribution in [3.05, 3.63) is 93.7 Å². The van der Waals surface area contributed by atoms with E-state index in [1.807, 2.05) is 34.5 Å². The molecule has 0 spiro atoms. The Balaban J connectivity index is 1.22. The maximum atomic E-state index is 13.1. The van der Waals surface area contributed by atoms with Gasteiger partial charge in [0.25, 0.3) is 11.9 Å². The van der Waals surface area contributed by atoms with Crippen molar-refractivity contribution in [2.24, 2.45) is 7.05 Å². The average molecular weight is 693 g/mol. The van der Waals surface area contributed by atoms with Crippen LogP contribution in [0.1, 0.15) is 46.6 Å². The third-order valence-corrected chi connectivity index (χ3v) is 8.61. The molecule has 5 aromatic rings. The number of ketones is 1. The zero-order chi connectivity index (χ0) is 34.4. The number of carbonyl (C=O) groups excluding carboxylic acids is 3. The number of methoxy groups -OCH3 is 1. The minimum atomic E-state index is -0.278. The molecule has 0 bridgehead atoms. The van der Waals surface area contributed by atoms with E-state index in [9.17, 15) is 14.4 Å². The number of hydrogen-bond acceptors (Lipinski definition) is 8. The highest BCUT2D eigenvalue weighted by molar-refractivity contribution is 6.38. The summed E-state index contributed by atoms with van der Waals surface area (Å²) in [6.45, 7) is 0.473. The number of fused-ring (bicyclic) bond motifs is 1. The van der Waals surface area contributed by atoms with E-state index in [1.54, 1.807) is 57.0 Å². The molecule has 1 N–H and O–H groups in total. The molecule has 0 atom stereocenters. The highest BCUT2D eigenvalue weighted by atomic mass is 35.5. The van der Waals surface area contributed by atoms with Gasteiger partial charge in [-0.25, -0.2) is 4.98 Å². The number of para-hydroxylation sites is 1. The molecule has 0 unspecified atom stereocenters. The Bertz CT molecular complexity index is 1960. The lowest BCUT2D eigenvalue weighted by Gasteiger charge is -2.21. The first-order valence-corrected chi connectivity index (χ1v) is 15.9. The van der Waals surface area contributed by atoms with Crippen LogP contribution in [0.5, 0.6) is 11.8 Å². The van der Waals surface area contributed by atoms with Gasteiger partial charge in [-0.2, -0.15) is 4.98 Å². The van der Waals surface area contributed by atoms with Crippen LogP contribution in [-0.2, 0) is 36.2 Å². The number of halogens is 2. The van der Waals surface area contributed by atoms with Gasteiger partial charge in [0, 0.05) is 63.4 Å². The number of aryl methyl sites for hydroxylation is 2. The number of ether oxygens (including phenoxy) is 2. The zero-order valence-electron chi connectivity index (χ0n) is 27.0. The summed E-state index contributed by atoms with van der Waals surface area (Å²) in [7, 11) is 6.61. The number of hydrogen-bond donors (Lipinski definition) is 1. The number of carbonyl (C=O) groups is 3. The fourth-order valence-electron chi connectivity index (χ4n) is 5.15. The fourth-order valence-corrected chi connectivity index (χ4v) is 5.76. The smallest absolute Gasteiger partial charge is 0.297 e. The van der Waals surface area contributed by atoms with Crippen LogP contribution in [0.25, 0.3) is 11.0 Å². The third kappa shape index (κ3) is 7.77. The summed E-state index contributed by atoms with van der Waals surface area (Å²) >= 11 is 13.3. The Hall–Kier alpha value is -4.94. The normalized spacial score (nSPS) is 11.0. The Morgan fingerprint density at radius 1 is 1.02 bits per heavy atom. The minimum absolute atomic E-state index is 0.0129. The number of pyridine rings is 1. The molecule has 5 rings (SSSR count). The number of nitrogens with zero attached hydrogens (tertiary/aromatic N) is 6. The number of amides is 2. The third-order valence-electron chi connectivity index (χ3n) is 7.84. The molecule has 0 fully saturated rings. The van der Waals surface area contributed by atoms with E-state index in [0.29, 0.717) is 52.2 Å². The first kappa shape index (κ1) is 34.4. The Morgan fingerprint density at radius 3 is 2.52 bits per heavy atom. The number of rotatable bonds is 14. The van der Waals surface area contributed by atoms with Crippen LogP contribution in [0.3, 0.4) is 0 Å². The van der Waals surface area contributed by atoms with E-state index in [1.165, 1.54) is 11.9 Å². The van der Waals surface area contributed by atoms with Crippen LogP contribution in [-0.4, -0.2) is 62.9 Å². The lowest BCUT2D eigenvalue weighted by atomic mass is 10.1. The average Bonchev–Trinajstić information content (AvgIpc) is 3.68. The molecule has 2 aromatic carbocycles. The monoisotopic (exact) mass is 691 g/mol. The molecular formula is C34H35Cl2N7O5. The first-order valence-electron chi connectivity index (χ1n) is 15.1. The molecule has 0 aliphatic rings. The zero-order valence-corrected chi connectivity index (χ0v) is 28.5. The van der Waals surface area contributed by atoms with Crippen molar-refractivity contribution in [3.8, 4) is 11.8 Å². The molecule has 0 radical (unpaired) electrons. The van der Waals surface area contributed by atoms with E-state index < -0.39 is 0 Å². The molecule has 3 heterocycles. The highest BCUT2D eigenvalue weighted by Gasteiger charge is 2.21. The van der Waals surface area contributed by atoms with Crippen molar-refractivity contribution in [2.75, 3.05) is 26.1 Å². The molecule has 48 heavy (non-hydrogen) atoms. The van der Waals surface area contributed by atoms with Crippen LogP contribution >= 0.6 is 23.2 Å². The lowest BCUT2D eigenvalue weighted by molar-refractivity contribution is -0.123. The van der Waals surface area contributed by atoms with Gasteiger partial charge in [0.2, 0.25) is 5.91 Å². The molecule has 0 saturated heterocycles. The predicted molar refractivity (Wildman–Crippen MR) is 183 cm³/mol. The second kappa shape index (κ2) is 15.3. The van der Waals surface area contributed by atoms with E-state index in [-0.39, 0.29) is 48.5 Å². The molecule has 2 amide bonds. The van der Waals surface area contributed by atoms with Gasteiger partial charge in [-0.05, 0) is 42.3 Å². The number of anilines is 1. The van der Waals surface area contributed by atoms with Crippen LogP contribution in [0, 0.1) is 0 Å². The minimum Gasteiger partial charge on any atom is -0.486 e. The maximum absolute atomic E-state index is 13.1. The molecule has 0 aliphatic carbocycles. The number of imidazole rings is 2. The summed E-state index contributed by atoms with van der Waals surface area (Å²) in [6.07, 6.45) is 6.04. The molecule has 0 aliphatic heterocycles. The second-order valence-electron chi connectivity index (χ2n) is 11.1.